The topological polar surface area (TPSA) is 72.7 Å². The maximum Gasteiger partial charge on any atom is 0.231 e. The van der Waals surface area contributed by atoms with Crippen LogP contribution in [0, 0.1) is 0 Å². The van der Waals surface area contributed by atoms with E-state index in [0.29, 0.717) is 13.3 Å². The van der Waals surface area contributed by atoms with Crippen molar-refractivity contribution in [2.45, 2.75) is 13.0 Å². The van der Waals surface area contributed by atoms with E-state index in [-0.39, 0.29) is 0 Å². The molecule has 2 aromatic rings. The lowest BCUT2D eigenvalue weighted by molar-refractivity contribution is 0.174. The summed E-state index contributed by atoms with van der Waals surface area (Å²) in [6.07, 6.45) is 4.80. The number of nitrogens with one attached hydrogen (secondary N) is 2. The third kappa shape index (κ3) is 3.94. The average molecular weight is 315 g/mol. The molecular weight excluding hydrogens is 294 g/mol. The van der Waals surface area contributed by atoms with Crippen LogP contribution in [0.15, 0.2) is 35.6 Å². The van der Waals surface area contributed by atoms with Gasteiger partial charge >= 0.3 is 0 Å². The van der Waals surface area contributed by atoms with E-state index in [9.17, 15) is 0 Å². The first-order valence-electron chi connectivity index (χ1n) is 7.55. The van der Waals surface area contributed by atoms with Gasteiger partial charge in [0.1, 0.15) is 0 Å². The number of aliphatic imine (C=N–C) groups is 1. The molecule has 7 nitrogen and oxygen atoms in total. The average Bonchev–Trinajstić information content (AvgIpc) is 3.18. The first-order valence-corrected chi connectivity index (χ1v) is 7.55. The Bertz CT molecular complexity index is 696. The van der Waals surface area contributed by atoms with Crippen molar-refractivity contribution in [1.29, 1.82) is 0 Å². The number of aryl methyl sites for hydroxylation is 1. The predicted molar refractivity (Wildman–Crippen MR) is 87.7 cm³/mol. The smallest absolute Gasteiger partial charge is 0.231 e. The molecule has 1 aliphatic rings. The van der Waals surface area contributed by atoms with Crippen LogP contribution in [0.2, 0.25) is 0 Å². The van der Waals surface area contributed by atoms with Crippen LogP contribution >= 0.6 is 0 Å². The quantitative estimate of drug-likeness (QED) is 0.637. The fraction of sp³-hybridized carbons (Fsp3) is 0.375. The summed E-state index contributed by atoms with van der Waals surface area (Å²) in [5.74, 6) is 2.36. The minimum atomic E-state index is 0.295. The van der Waals surface area contributed by atoms with Crippen LogP contribution in [0.1, 0.15) is 11.1 Å². The van der Waals surface area contributed by atoms with Gasteiger partial charge in [-0.25, -0.2) is 0 Å². The fourth-order valence-corrected chi connectivity index (χ4v) is 2.38. The second kappa shape index (κ2) is 7.04. The number of benzene rings is 1. The Balaban J connectivity index is 1.46. The summed E-state index contributed by atoms with van der Waals surface area (Å²) in [7, 11) is 3.68. The number of rotatable bonds is 5. The molecule has 0 atom stereocenters. The Kier molecular flexibility index (Phi) is 4.65. The van der Waals surface area contributed by atoms with Gasteiger partial charge in [-0.1, -0.05) is 6.07 Å². The standard InChI is InChI=1S/C16H21N5O2/c1-17-16(18-6-5-13-9-20-21(2)10-13)19-8-12-3-4-14-15(7-12)23-11-22-14/h3-4,7,9-10H,5-6,8,11H2,1-2H3,(H2,17,18,19). The van der Waals surface area contributed by atoms with Crippen LogP contribution < -0.4 is 20.1 Å². The van der Waals surface area contributed by atoms with Crippen molar-refractivity contribution in [1.82, 2.24) is 20.4 Å². The SMILES string of the molecule is CN=C(NCCc1cnn(C)c1)NCc1ccc2c(c1)OCO2. The number of hydrogen-bond acceptors (Lipinski definition) is 4. The van der Waals surface area contributed by atoms with E-state index in [4.69, 9.17) is 9.47 Å². The number of hydrogen-bond donors (Lipinski definition) is 2. The summed E-state index contributed by atoms with van der Waals surface area (Å²) >= 11 is 0. The summed E-state index contributed by atoms with van der Waals surface area (Å²) in [6.45, 7) is 1.76. The van der Waals surface area contributed by atoms with E-state index >= 15 is 0 Å². The van der Waals surface area contributed by atoms with Gasteiger partial charge < -0.3 is 20.1 Å². The normalized spacial score (nSPS) is 13.2. The Morgan fingerprint density at radius 2 is 2.13 bits per heavy atom. The van der Waals surface area contributed by atoms with Crippen molar-refractivity contribution in [2.75, 3.05) is 20.4 Å². The number of aromatic nitrogens is 2. The van der Waals surface area contributed by atoms with Crippen LogP contribution in [0.4, 0.5) is 0 Å². The fourth-order valence-electron chi connectivity index (χ4n) is 2.38. The lowest BCUT2D eigenvalue weighted by Gasteiger charge is -2.11. The summed E-state index contributed by atoms with van der Waals surface area (Å²) < 4.78 is 12.5. The first kappa shape index (κ1) is 15.2. The van der Waals surface area contributed by atoms with Crippen LogP contribution in [-0.4, -0.2) is 36.1 Å². The first-order chi connectivity index (χ1) is 11.2. The van der Waals surface area contributed by atoms with Gasteiger partial charge in [0.2, 0.25) is 6.79 Å². The molecule has 0 bridgehead atoms. The van der Waals surface area contributed by atoms with Crippen molar-refractivity contribution >= 4 is 5.96 Å². The highest BCUT2D eigenvalue weighted by Gasteiger charge is 2.13. The van der Waals surface area contributed by atoms with Gasteiger partial charge in [-0.15, -0.1) is 0 Å². The number of nitrogens with zero attached hydrogens (tertiary/aromatic N) is 3. The molecule has 0 aliphatic carbocycles. The zero-order chi connectivity index (χ0) is 16.1. The van der Waals surface area contributed by atoms with Gasteiger partial charge in [0, 0.05) is 33.4 Å². The monoisotopic (exact) mass is 315 g/mol. The van der Waals surface area contributed by atoms with Gasteiger partial charge in [0.25, 0.3) is 0 Å². The molecule has 0 amide bonds. The minimum absolute atomic E-state index is 0.295. The summed E-state index contributed by atoms with van der Waals surface area (Å²) in [6, 6.07) is 5.93. The van der Waals surface area contributed by atoms with Crippen LogP contribution in [0.5, 0.6) is 11.5 Å². The van der Waals surface area contributed by atoms with E-state index in [0.717, 1.165) is 36.0 Å². The highest BCUT2D eigenvalue weighted by Crippen LogP contribution is 2.32. The van der Waals surface area contributed by atoms with Crippen molar-refractivity contribution < 1.29 is 9.47 Å². The van der Waals surface area contributed by atoms with Crippen molar-refractivity contribution in [2.24, 2.45) is 12.0 Å². The van der Waals surface area contributed by atoms with Gasteiger partial charge in [-0.3, -0.25) is 9.67 Å². The predicted octanol–water partition coefficient (Wildman–Crippen LogP) is 1.06. The van der Waals surface area contributed by atoms with Crippen LogP contribution in [-0.2, 0) is 20.0 Å². The second-order valence-electron chi connectivity index (χ2n) is 5.31. The second-order valence-corrected chi connectivity index (χ2v) is 5.31. The lowest BCUT2D eigenvalue weighted by Crippen LogP contribution is -2.37. The third-order valence-corrected chi connectivity index (χ3v) is 3.59. The summed E-state index contributed by atoms with van der Waals surface area (Å²) in [5.41, 5.74) is 2.32. The minimum Gasteiger partial charge on any atom is -0.454 e. The molecule has 23 heavy (non-hydrogen) atoms. The van der Waals surface area contributed by atoms with E-state index in [1.54, 1.807) is 7.05 Å². The Labute approximate surface area is 135 Å². The maximum absolute atomic E-state index is 5.38. The number of fused-ring (bicyclic) bond motifs is 1. The molecule has 2 N–H and O–H groups in total. The van der Waals surface area contributed by atoms with E-state index in [1.165, 1.54) is 5.56 Å². The molecule has 0 spiro atoms. The summed E-state index contributed by atoms with van der Waals surface area (Å²) in [5, 5.41) is 10.7. The van der Waals surface area contributed by atoms with Gasteiger partial charge in [0.15, 0.2) is 17.5 Å². The number of ether oxygens (including phenoxy) is 2. The Hall–Kier alpha value is -2.70. The van der Waals surface area contributed by atoms with Crippen LogP contribution in [0.3, 0.4) is 0 Å². The highest BCUT2D eigenvalue weighted by atomic mass is 16.7. The molecule has 1 aromatic heterocycles. The van der Waals surface area contributed by atoms with Gasteiger partial charge in [-0.05, 0) is 29.7 Å². The molecule has 122 valence electrons. The lowest BCUT2D eigenvalue weighted by atomic mass is 10.2. The zero-order valence-electron chi connectivity index (χ0n) is 13.4. The van der Waals surface area contributed by atoms with E-state index in [1.807, 2.05) is 42.3 Å². The Morgan fingerprint density at radius 1 is 1.26 bits per heavy atom. The van der Waals surface area contributed by atoms with Crippen molar-refractivity contribution in [3.05, 3.63) is 41.7 Å². The molecule has 0 fully saturated rings. The molecule has 0 unspecified atom stereocenters. The summed E-state index contributed by atoms with van der Waals surface area (Å²) in [4.78, 5) is 4.23. The maximum atomic E-state index is 5.38. The molecular formula is C16H21N5O2. The van der Waals surface area contributed by atoms with Gasteiger partial charge in [-0.2, -0.15) is 5.10 Å². The molecule has 2 heterocycles. The van der Waals surface area contributed by atoms with Crippen molar-refractivity contribution in [3.8, 4) is 11.5 Å². The molecule has 0 saturated carbocycles. The molecule has 1 aromatic carbocycles. The molecule has 0 radical (unpaired) electrons. The molecule has 0 saturated heterocycles. The molecule has 3 rings (SSSR count). The zero-order valence-corrected chi connectivity index (χ0v) is 13.4. The molecule has 1 aliphatic heterocycles. The third-order valence-electron chi connectivity index (χ3n) is 3.59. The van der Waals surface area contributed by atoms with Crippen molar-refractivity contribution in [3.63, 3.8) is 0 Å². The Morgan fingerprint density at radius 3 is 2.91 bits per heavy atom. The largest absolute Gasteiger partial charge is 0.454 e. The van der Waals surface area contributed by atoms with Gasteiger partial charge in [0.05, 0.1) is 6.20 Å². The van der Waals surface area contributed by atoms with E-state index in [2.05, 4.69) is 20.7 Å². The number of guanidine groups is 1. The van der Waals surface area contributed by atoms with Crippen LogP contribution in [0.25, 0.3) is 0 Å². The van der Waals surface area contributed by atoms with E-state index < -0.39 is 0 Å². The highest BCUT2D eigenvalue weighted by molar-refractivity contribution is 5.79. The molecule has 7 heteroatoms.